The molecule has 0 saturated carbocycles. The fraction of sp³-hybridized carbons (Fsp3) is 0.294. The first-order chi connectivity index (χ1) is 11.4. The molecule has 0 fully saturated rings. The van der Waals surface area contributed by atoms with Crippen LogP contribution in [0.2, 0.25) is 0 Å². The first-order valence-corrected chi connectivity index (χ1v) is 8.88. The van der Waals surface area contributed by atoms with Crippen LogP contribution in [-0.2, 0) is 10.0 Å². The van der Waals surface area contributed by atoms with Gasteiger partial charge in [0, 0.05) is 6.07 Å². The zero-order valence-electron chi connectivity index (χ0n) is 14.1. The van der Waals surface area contributed by atoms with E-state index in [1.54, 1.807) is 37.3 Å². The summed E-state index contributed by atoms with van der Waals surface area (Å²) in [6.07, 6.45) is 0. The molecule has 0 spiro atoms. The van der Waals surface area contributed by atoms with Crippen molar-refractivity contribution in [1.82, 2.24) is 0 Å². The molecule has 0 atom stereocenters. The van der Waals surface area contributed by atoms with Crippen molar-refractivity contribution in [1.29, 1.82) is 0 Å². The van der Waals surface area contributed by atoms with Crippen LogP contribution in [0.15, 0.2) is 41.3 Å². The van der Waals surface area contributed by atoms with Crippen LogP contribution in [0.5, 0.6) is 17.2 Å². The van der Waals surface area contributed by atoms with Gasteiger partial charge < -0.3 is 14.2 Å². The number of anilines is 1. The predicted octanol–water partition coefficient (Wildman–Crippen LogP) is 3.21. The Labute approximate surface area is 142 Å². The molecule has 24 heavy (non-hydrogen) atoms. The average Bonchev–Trinajstić information content (AvgIpc) is 2.56. The summed E-state index contributed by atoms with van der Waals surface area (Å²) in [7, 11) is -0.751. The van der Waals surface area contributed by atoms with Crippen molar-refractivity contribution >= 4 is 15.7 Å². The van der Waals surface area contributed by atoms with Gasteiger partial charge in [-0.05, 0) is 49.7 Å². The van der Waals surface area contributed by atoms with Gasteiger partial charge in [0.25, 0.3) is 10.0 Å². The van der Waals surface area contributed by atoms with E-state index in [1.807, 2.05) is 6.92 Å². The van der Waals surface area contributed by atoms with Crippen LogP contribution in [0.25, 0.3) is 0 Å². The molecule has 7 heteroatoms. The molecular formula is C17H21NO5S. The molecule has 0 aromatic heterocycles. The second-order valence-corrected chi connectivity index (χ2v) is 6.71. The molecule has 0 unspecified atom stereocenters. The van der Waals surface area contributed by atoms with Crippen molar-refractivity contribution in [2.24, 2.45) is 0 Å². The molecule has 0 amide bonds. The summed E-state index contributed by atoms with van der Waals surface area (Å²) in [6, 6.07) is 9.60. The van der Waals surface area contributed by atoms with E-state index in [9.17, 15) is 8.42 Å². The highest BCUT2D eigenvalue weighted by Gasteiger charge is 2.18. The molecule has 0 aliphatic heterocycles. The van der Waals surface area contributed by atoms with Gasteiger partial charge in [-0.25, -0.2) is 8.42 Å². The number of rotatable bonds is 7. The van der Waals surface area contributed by atoms with Gasteiger partial charge in [0.2, 0.25) is 0 Å². The molecule has 6 nitrogen and oxygen atoms in total. The number of benzene rings is 2. The van der Waals surface area contributed by atoms with Gasteiger partial charge in [0.05, 0.1) is 31.4 Å². The largest absolute Gasteiger partial charge is 0.497 e. The summed E-state index contributed by atoms with van der Waals surface area (Å²) in [5, 5.41) is 0. The lowest BCUT2D eigenvalue weighted by atomic mass is 10.2. The van der Waals surface area contributed by atoms with Gasteiger partial charge in [-0.3, -0.25) is 4.72 Å². The van der Waals surface area contributed by atoms with Crippen molar-refractivity contribution in [3.05, 3.63) is 42.0 Å². The molecule has 2 aromatic rings. The van der Waals surface area contributed by atoms with E-state index in [1.165, 1.54) is 20.3 Å². The van der Waals surface area contributed by atoms with E-state index in [-0.39, 0.29) is 4.90 Å². The number of hydrogen-bond donors (Lipinski definition) is 1. The van der Waals surface area contributed by atoms with Crippen LogP contribution in [0.1, 0.15) is 12.5 Å². The monoisotopic (exact) mass is 351 g/mol. The molecule has 0 aliphatic carbocycles. The molecule has 1 N–H and O–H groups in total. The highest BCUT2D eigenvalue weighted by atomic mass is 32.2. The SMILES string of the molecule is CCOc1ccc(S(=O)(=O)Nc2ccc(OC)cc2OC)cc1C. The van der Waals surface area contributed by atoms with Gasteiger partial charge in [-0.2, -0.15) is 0 Å². The van der Waals surface area contributed by atoms with Crippen molar-refractivity contribution in [3.8, 4) is 17.2 Å². The second-order valence-electron chi connectivity index (χ2n) is 5.03. The zero-order chi connectivity index (χ0) is 17.7. The van der Waals surface area contributed by atoms with Crippen molar-refractivity contribution in [2.45, 2.75) is 18.7 Å². The summed E-state index contributed by atoms with van der Waals surface area (Å²) in [5.74, 6) is 1.62. The zero-order valence-corrected chi connectivity index (χ0v) is 14.9. The second kappa shape index (κ2) is 7.44. The Morgan fingerprint density at radius 1 is 1.00 bits per heavy atom. The molecule has 0 heterocycles. The molecular weight excluding hydrogens is 330 g/mol. The minimum Gasteiger partial charge on any atom is -0.497 e. The fourth-order valence-corrected chi connectivity index (χ4v) is 3.35. The Morgan fingerprint density at radius 3 is 2.33 bits per heavy atom. The molecule has 2 aromatic carbocycles. The molecule has 0 saturated heterocycles. The average molecular weight is 351 g/mol. The summed E-state index contributed by atoms with van der Waals surface area (Å²) in [5.41, 5.74) is 1.09. The summed E-state index contributed by atoms with van der Waals surface area (Å²) < 4.78 is 43.5. The number of hydrogen-bond acceptors (Lipinski definition) is 5. The quantitative estimate of drug-likeness (QED) is 0.829. The maximum Gasteiger partial charge on any atom is 0.262 e. The standard InChI is InChI=1S/C17H21NO5S/c1-5-23-16-9-7-14(10-12(16)2)24(19,20)18-15-8-6-13(21-3)11-17(15)22-4/h6-11,18H,5H2,1-4H3. The molecule has 0 aliphatic rings. The smallest absolute Gasteiger partial charge is 0.262 e. The van der Waals surface area contributed by atoms with Crippen LogP contribution in [0, 0.1) is 6.92 Å². The predicted molar refractivity (Wildman–Crippen MR) is 92.7 cm³/mol. The first kappa shape index (κ1) is 17.9. The normalized spacial score (nSPS) is 11.0. The maximum absolute atomic E-state index is 12.6. The van der Waals surface area contributed by atoms with Crippen LogP contribution in [0.3, 0.4) is 0 Å². The van der Waals surface area contributed by atoms with E-state index in [0.29, 0.717) is 29.5 Å². The molecule has 0 radical (unpaired) electrons. The van der Waals surface area contributed by atoms with Gasteiger partial charge in [0.15, 0.2) is 0 Å². The van der Waals surface area contributed by atoms with Gasteiger partial charge in [0.1, 0.15) is 17.2 Å². The van der Waals surface area contributed by atoms with Crippen molar-refractivity contribution in [2.75, 3.05) is 25.5 Å². The highest BCUT2D eigenvalue weighted by molar-refractivity contribution is 7.92. The third-order valence-electron chi connectivity index (χ3n) is 3.41. The summed E-state index contributed by atoms with van der Waals surface area (Å²) >= 11 is 0. The van der Waals surface area contributed by atoms with Crippen molar-refractivity contribution < 1.29 is 22.6 Å². The number of sulfonamides is 1. The van der Waals surface area contributed by atoms with Gasteiger partial charge >= 0.3 is 0 Å². The highest BCUT2D eigenvalue weighted by Crippen LogP contribution is 2.31. The van der Waals surface area contributed by atoms with E-state index in [2.05, 4.69) is 4.72 Å². The van der Waals surface area contributed by atoms with Crippen LogP contribution < -0.4 is 18.9 Å². The fourth-order valence-electron chi connectivity index (χ4n) is 2.19. The van der Waals surface area contributed by atoms with E-state index in [4.69, 9.17) is 14.2 Å². The molecule has 130 valence electrons. The number of methoxy groups -OCH3 is 2. The Hall–Kier alpha value is -2.41. The number of nitrogens with one attached hydrogen (secondary N) is 1. The van der Waals surface area contributed by atoms with E-state index in [0.717, 1.165) is 5.56 Å². The minimum absolute atomic E-state index is 0.154. The van der Waals surface area contributed by atoms with Gasteiger partial charge in [-0.15, -0.1) is 0 Å². The van der Waals surface area contributed by atoms with Crippen LogP contribution >= 0.6 is 0 Å². The first-order valence-electron chi connectivity index (χ1n) is 7.39. The van der Waals surface area contributed by atoms with Crippen LogP contribution in [-0.4, -0.2) is 29.2 Å². The van der Waals surface area contributed by atoms with Crippen molar-refractivity contribution in [3.63, 3.8) is 0 Å². The Morgan fingerprint density at radius 2 is 1.75 bits per heavy atom. The molecule has 2 rings (SSSR count). The lowest BCUT2D eigenvalue weighted by Gasteiger charge is -2.14. The maximum atomic E-state index is 12.6. The Kier molecular flexibility index (Phi) is 5.56. The van der Waals surface area contributed by atoms with E-state index < -0.39 is 10.0 Å². The lowest BCUT2D eigenvalue weighted by molar-refractivity contribution is 0.337. The van der Waals surface area contributed by atoms with Gasteiger partial charge in [-0.1, -0.05) is 0 Å². The summed E-state index contributed by atoms with van der Waals surface area (Å²) in [4.78, 5) is 0.154. The topological polar surface area (TPSA) is 73.9 Å². The number of aryl methyl sites for hydroxylation is 1. The Balaban J connectivity index is 2.33. The molecule has 0 bridgehead atoms. The third kappa shape index (κ3) is 3.91. The minimum atomic E-state index is -3.75. The summed E-state index contributed by atoms with van der Waals surface area (Å²) in [6.45, 7) is 4.20. The third-order valence-corrected chi connectivity index (χ3v) is 4.77. The lowest BCUT2D eigenvalue weighted by Crippen LogP contribution is -2.14. The Bertz CT molecular complexity index is 818. The van der Waals surface area contributed by atoms with Crippen LogP contribution in [0.4, 0.5) is 5.69 Å². The van der Waals surface area contributed by atoms with E-state index >= 15 is 0 Å². The number of ether oxygens (including phenoxy) is 3.